The smallest absolute Gasteiger partial charge is 0.279 e. The molecule has 1 heterocycles. The molecule has 0 saturated heterocycles. The van der Waals surface area contributed by atoms with Crippen molar-refractivity contribution >= 4 is 21.4 Å². The number of sulfonamides is 1. The number of nitrogens with zero attached hydrogens (tertiary/aromatic N) is 3. The molecule has 0 aromatic heterocycles. The van der Waals surface area contributed by atoms with Crippen molar-refractivity contribution in [2.24, 2.45) is 5.10 Å². The van der Waals surface area contributed by atoms with Gasteiger partial charge in [-0.25, -0.2) is 0 Å². The number of benzene rings is 3. The highest BCUT2D eigenvalue weighted by Crippen LogP contribution is 2.38. The van der Waals surface area contributed by atoms with Crippen LogP contribution in [-0.2, 0) is 10.0 Å². The van der Waals surface area contributed by atoms with E-state index in [1.165, 1.54) is 24.3 Å². The maximum Gasteiger partial charge on any atom is 0.279 e. The van der Waals surface area contributed by atoms with Crippen molar-refractivity contribution in [2.75, 3.05) is 7.11 Å². The van der Waals surface area contributed by atoms with Gasteiger partial charge >= 0.3 is 0 Å². The Hall–Kier alpha value is -3.72. The Labute approximate surface area is 186 Å². The first-order chi connectivity index (χ1) is 15.3. The highest BCUT2D eigenvalue weighted by molar-refractivity contribution is 7.89. The highest BCUT2D eigenvalue weighted by atomic mass is 32.2. The number of ether oxygens (including phenoxy) is 1. The number of non-ortho nitro benzene ring substituents is 1. The molecule has 0 aliphatic carbocycles. The third-order valence-corrected chi connectivity index (χ3v) is 7.05. The Morgan fingerprint density at radius 2 is 1.62 bits per heavy atom. The fourth-order valence-electron chi connectivity index (χ4n) is 3.55. The summed E-state index contributed by atoms with van der Waals surface area (Å²) in [5.41, 5.74) is 3.17. The number of methoxy groups -OCH3 is 1. The van der Waals surface area contributed by atoms with E-state index >= 15 is 0 Å². The average Bonchev–Trinajstić information content (AvgIpc) is 3.26. The van der Waals surface area contributed by atoms with Crippen LogP contribution in [0, 0.1) is 17.0 Å². The van der Waals surface area contributed by atoms with Crippen LogP contribution in [0.2, 0.25) is 0 Å². The number of nitro benzene ring substituents is 1. The first-order valence-electron chi connectivity index (χ1n) is 9.87. The molecular formula is C23H21N3O5S. The third-order valence-electron chi connectivity index (χ3n) is 5.35. The SMILES string of the molecule is COc1ccc(C2CC(c3ccc(C)cc3)=NN2S(=O)(=O)c2ccc([N+](=O)[O-])cc2)cc1. The van der Waals surface area contributed by atoms with Gasteiger partial charge in [0.15, 0.2) is 0 Å². The normalized spacial score (nSPS) is 16.0. The number of rotatable bonds is 6. The Balaban J connectivity index is 1.76. The quantitative estimate of drug-likeness (QED) is 0.407. The predicted octanol–water partition coefficient (Wildman–Crippen LogP) is 4.45. The second-order valence-corrected chi connectivity index (χ2v) is 9.23. The molecule has 0 spiro atoms. The second-order valence-electron chi connectivity index (χ2n) is 7.43. The summed E-state index contributed by atoms with van der Waals surface area (Å²) >= 11 is 0. The summed E-state index contributed by atoms with van der Waals surface area (Å²) in [6, 6.07) is 19.2. The molecule has 9 heteroatoms. The van der Waals surface area contributed by atoms with Gasteiger partial charge in [0.25, 0.3) is 15.7 Å². The molecule has 0 saturated carbocycles. The van der Waals surface area contributed by atoms with Crippen LogP contribution in [0.15, 0.2) is 82.8 Å². The van der Waals surface area contributed by atoms with Gasteiger partial charge in [0.1, 0.15) is 5.75 Å². The maximum atomic E-state index is 13.5. The van der Waals surface area contributed by atoms with E-state index in [0.717, 1.165) is 21.1 Å². The molecule has 0 N–H and O–H groups in total. The zero-order chi connectivity index (χ0) is 22.9. The lowest BCUT2D eigenvalue weighted by Crippen LogP contribution is -2.27. The van der Waals surface area contributed by atoms with E-state index in [1.54, 1.807) is 19.2 Å². The van der Waals surface area contributed by atoms with Crippen molar-refractivity contribution in [1.29, 1.82) is 0 Å². The second kappa shape index (κ2) is 8.43. The van der Waals surface area contributed by atoms with E-state index in [4.69, 9.17) is 4.74 Å². The monoisotopic (exact) mass is 451 g/mol. The van der Waals surface area contributed by atoms with Gasteiger partial charge in [0, 0.05) is 18.6 Å². The van der Waals surface area contributed by atoms with Crippen molar-refractivity contribution in [2.45, 2.75) is 24.3 Å². The summed E-state index contributed by atoms with van der Waals surface area (Å²) in [5.74, 6) is 0.663. The van der Waals surface area contributed by atoms with Gasteiger partial charge in [0.05, 0.1) is 28.7 Å². The molecule has 0 radical (unpaired) electrons. The topological polar surface area (TPSA) is 102 Å². The van der Waals surface area contributed by atoms with Gasteiger partial charge in [-0.1, -0.05) is 42.0 Å². The summed E-state index contributed by atoms with van der Waals surface area (Å²) in [5, 5.41) is 15.4. The molecule has 4 rings (SSSR count). The van der Waals surface area contributed by atoms with Crippen LogP contribution in [0.1, 0.15) is 29.2 Å². The molecule has 1 atom stereocenters. The first kappa shape index (κ1) is 21.5. The Kier molecular flexibility index (Phi) is 5.67. The van der Waals surface area contributed by atoms with Crippen LogP contribution < -0.4 is 4.74 Å². The molecule has 1 aliphatic rings. The molecule has 3 aromatic carbocycles. The van der Waals surface area contributed by atoms with Crippen molar-refractivity contribution in [3.8, 4) is 5.75 Å². The number of hydrogen-bond acceptors (Lipinski definition) is 6. The first-order valence-corrected chi connectivity index (χ1v) is 11.3. The Morgan fingerprint density at radius 1 is 1.00 bits per heavy atom. The van der Waals surface area contributed by atoms with Crippen molar-refractivity contribution in [3.63, 3.8) is 0 Å². The molecule has 8 nitrogen and oxygen atoms in total. The molecular weight excluding hydrogens is 430 g/mol. The summed E-state index contributed by atoms with van der Waals surface area (Å²) in [6.45, 7) is 1.98. The van der Waals surface area contributed by atoms with Crippen molar-refractivity contribution in [3.05, 3.63) is 99.6 Å². The fourth-order valence-corrected chi connectivity index (χ4v) is 4.99. The standard InChI is InChI=1S/C23H21N3O5S/c1-16-3-5-17(6-4-16)22-15-23(18-7-11-20(31-2)12-8-18)25(24-22)32(29,30)21-13-9-19(10-14-21)26(27)28/h3-14,23H,15H2,1-2H3. The number of hydrogen-bond donors (Lipinski definition) is 0. The van der Waals surface area contributed by atoms with Gasteiger partial charge in [-0.2, -0.15) is 17.9 Å². The van der Waals surface area contributed by atoms with E-state index in [-0.39, 0.29) is 10.6 Å². The molecule has 0 fully saturated rings. The third kappa shape index (κ3) is 4.06. The summed E-state index contributed by atoms with van der Waals surface area (Å²) < 4.78 is 33.3. The van der Waals surface area contributed by atoms with Crippen molar-refractivity contribution in [1.82, 2.24) is 4.41 Å². The van der Waals surface area contributed by atoms with Gasteiger partial charge in [-0.15, -0.1) is 0 Å². The Bertz CT molecular complexity index is 1270. The Morgan fingerprint density at radius 3 is 2.19 bits per heavy atom. The van der Waals surface area contributed by atoms with E-state index in [9.17, 15) is 18.5 Å². The van der Waals surface area contributed by atoms with Crippen molar-refractivity contribution < 1.29 is 18.1 Å². The lowest BCUT2D eigenvalue weighted by molar-refractivity contribution is -0.384. The lowest BCUT2D eigenvalue weighted by Gasteiger charge is -2.23. The van der Waals surface area contributed by atoms with Crippen LogP contribution in [0.25, 0.3) is 0 Å². The van der Waals surface area contributed by atoms with Crippen LogP contribution >= 0.6 is 0 Å². The van der Waals surface area contributed by atoms with Crippen LogP contribution in [0.3, 0.4) is 0 Å². The summed E-state index contributed by atoms with van der Waals surface area (Å²) in [7, 11) is -2.49. The summed E-state index contributed by atoms with van der Waals surface area (Å²) in [4.78, 5) is 10.3. The zero-order valence-corrected chi connectivity index (χ0v) is 18.3. The zero-order valence-electron chi connectivity index (χ0n) is 17.5. The predicted molar refractivity (Wildman–Crippen MR) is 120 cm³/mol. The van der Waals surface area contributed by atoms with Gasteiger partial charge in [-0.05, 0) is 42.3 Å². The molecule has 1 unspecified atom stereocenters. The summed E-state index contributed by atoms with van der Waals surface area (Å²) in [6.07, 6.45) is 0.390. The number of aryl methyl sites for hydroxylation is 1. The van der Waals surface area contributed by atoms with E-state index in [1.807, 2.05) is 43.3 Å². The minimum absolute atomic E-state index is 0.0597. The highest BCUT2D eigenvalue weighted by Gasteiger charge is 2.37. The molecule has 1 aliphatic heterocycles. The molecule has 0 amide bonds. The lowest BCUT2D eigenvalue weighted by atomic mass is 9.98. The number of nitro groups is 1. The average molecular weight is 452 g/mol. The minimum atomic E-state index is -4.05. The molecule has 164 valence electrons. The van der Waals surface area contributed by atoms with E-state index < -0.39 is 21.0 Å². The minimum Gasteiger partial charge on any atom is -0.497 e. The maximum absolute atomic E-state index is 13.5. The van der Waals surface area contributed by atoms with Gasteiger partial charge in [0.2, 0.25) is 0 Å². The molecule has 0 bridgehead atoms. The largest absolute Gasteiger partial charge is 0.497 e. The molecule has 32 heavy (non-hydrogen) atoms. The van der Waals surface area contributed by atoms with E-state index in [2.05, 4.69) is 5.10 Å². The van der Waals surface area contributed by atoms with E-state index in [0.29, 0.717) is 17.9 Å². The molecule has 3 aromatic rings. The number of hydrazone groups is 1. The van der Waals surface area contributed by atoms with Gasteiger partial charge in [-0.3, -0.25) is 10.1 Å². The van der Waals surface area contributed by atoms with Crippen LogP contribution in [0.5, 0.6) is 5.75 Å². The van der Waals surface area contributed by atoms with Crippen LogP contribution in [0.4, 0.5) is 5.69 Å². The van der Waals surface area contributed by atoms with Crippen LogP contribution in [-0.4, -0.2) is 30.6 Å². The van der Waals surface area contributed by atoms with Gasteiger partial charge < -0.3 is 4.74 Å². The fraction of sp³-hybridized carbons (Fsp3) is 0.174.